The number of nitrogens with zero attached hydrogens (tertiary/aromatic N) is 2. The summed E-state index contributed by atoms with van der Waals surface area (Å²) in [5.41, 5.74) is 2.14. The van der Waals surface area contributed by atoms with E-state index in [9.17, 15) is 9.59 Å². The maximum Gasteiger partial charge on any atom is 0.274 e. The molecule has 0 aliphatic carbocycles. The quantitative estimate of drug-likeness (QED) is 0.394. The third kappa shape index (κ3) is 12.8. The molecule has 0 saturated heterocycles. The molecule has 32 heavy (non-hydrogen) atoms. The average molecular weight is 477 g/mol. The zero-order valence-electron chi connectivity index (χ0n) is 19.0. The van der Waals surface area contributed by atoms with Crippen LogP contribution in [0.15, 0.2) is 71.7 Å². The van der Waals surface area contributed by atoms with E-state index in [2.05, 4.69) is 20.6 Å². The van der Waals surface area contributed by atoms with Gasteiger partial charge in [-0.1, -0.05) is 55.3 Å². The highest BCUT2D eigenvalue weighted by Gasteiger charge is 2.08. The van der Waals surface area contributed by atoms with E-state index in [-0.39, 0.29) is 11.4 Å². The predicted molar refractivity (Wildman–Crippen MR) is 133 cm³/mol. The van der Waals surface area contributed by atoms with Crippen molar-refractivity contribution in [2.75, 3.05) is 7.05 Å². The van der Waals surface area contributed by atoms with Crippen molar-refractivity contribution < 1.29 is 9.59 Å². The molecule has 0 radical (unpaired) electrons. The molecule has 2 rings (SSSR count). The number of halogens is 2. The van der Waals surface area contributed by atoms with Crippen molar-refractivity contribution in [1.82, 2.24) is 20.6 Å². The second kappa shape index (κ2) is 17.8. The number of aldehydes is 1. The van der Waals surface area contributed by atoms with Crippen LogP contribution in [0.1, 0.15) is 54.2 Å². The molecule has 0 saturated carbocycles. The summed E-state index contributed by atoms with van der Waals surface area (Å²) in [6.45, 7) is 8.47. The Balaban J connectivity index is 0.000000668. The summed E-state index contributed by atoms with van der Waals surface area (Å²) in [4.78, 5) is 29.9. The molecule has 2 N–H and O–H groups in total. The fraction of sp³-hybridized carbons (Fsp3) is 0.250. The van der Waals surface area contributed by atoms with Crippen LogP contribution < -0.4 is 10.6 Å². The summed E-state index contributed by atoms with van der Waals surface area (Å²) >= 11 is 11.6. The minimum Gasteiger partial charge on any atom is -0.325 e. The summed E-state index contributed by atoms with van der Waals surface area (Å²) in [7, 11) is 1.93. The van der Waals surface area contributed by atoms with Crippen LogP contribution in [0.4, 0.5) is 0 Å². The number of allylic oxidation sites excluding steroid dienone is 6. The van der Waals surface area contributed by atoms with Crippen LogP contribution in [0.5, 0.6) is 0 Å². The van der Waals surface area contributed by atoms with Gasteiger partial charge in [0, 0.05) is 22.3 Å². The summed E-state index contributed by atoms with van der Waals surface area (Å²) in [6.07, 6.45) is 8.59. The van der Waals surface area contributed by atoms with Gasteiger partial charge in [-0.25, -0.2) is 9.97 Å². The first-order valence-electron chi connectivity index (χ1n) is 10.0. The number of benzene rings is 1. The monoisotopic (exact) mass is 476 g/mol. The maximum atomic E-state index is 11.9. The minimum absolute atomic E-state index is 0.124. The van der Waals surface area contributed by atoms with Crippen molar-refractivity contribution in [3.05, 3.63) is 93.7 Å². The van der Waals surface area contributed by atoms with E-state index in [1.165, 1.54) is 18.0 Å². The van der Waals surface area contributed by atoms with E-state index >= 15 is 0 Å². The largest absolute Gasteiger partial charge is 0.325 e. The van der Waals surface area contributed by atoms with Crippen molar-refractivity contribution in [2.45, 2.75) is 34.2 Å². The van der Waals surface area contributed by atoms with Crippen LogP contribution in [-0.4, -0.2) is 29.2 Å². The lowest BCUT2D eigenvalue weighted by Crippen LogP contribution is -2.22. The highest BCUT2D eigenvalue weighted by atomic mass is 35.5. The average Bonchev–Trinajstić information content (AvgIpc) is 2.81. The summed E-state index contributed by atoms with van der Waals surface area (Å²) in [5.74, 6) is -0.417. The van der Waals surface area contributed by atoms with Gasteiger partial charge in [0.15, 0.2) is 6.29 Å². The zero-order chi connectivity index (χ0) is 24.4. The van der Waals surface area contributed by atoms with Crippen LogP contribution in [0.3, 0.4) is 0 Å². The van der Waals surface area contributed by atoms with Gasteiger partial charge in [-0.2, -0.15) is 0 Å². The van der Waals surface area contributed by atoms with Gasteiger partial charge in [0.2, 0.25) is 0 Å². The first-order chi connectivity index (χ1) is 15.4. The van der Waals surface area contributed by atoms with Crippen molar-refractivity contribution in [2.24, 2.45) is 0 Å². The summed E-state index contributed by atoms with van der Waals surface area (Å²) in [5, 5.41) is 7.03. The maximum absolute atomic E-state index is 11.9. The molecule has 2 aromatic rings. The van der Waals surface area contributed by atoms with Gasteiger partial charge in [-0.05, 0) is 62.9 Å². The Labute approximate surface area is 200 Å². The van der Waals surface area contributed by atoms with Gasteiger partial charge in [-0.15, -0.1) is 0 Å². The Kier molecular flexibility index (Phi) is 16.3. The number of carbonyl (C=O) groups is 2. The van der Waals surface area contributed by atoms with Crippen molar-refractivity contribution in [1.29, 1.82) is 0 Å². The summed E-state index contributed by atoms with van der Waals surface area (Å²) < 4.78 is 0. The number of hydrogen-bond donors (Lipinski definition) is 2. The molecule has 1 aromatic carbocycles. The van der Waals surface area contributed by atoms with E-state index in [1.807, 2.05) is 58.2 Å². The third-order valence-electron chi connectivity index (χ3n) is 3.46. The normalized spacial score (nSPS) is 11.1. The zero-order valence-corrected chi connectivity index (χ0v) is 20.5. The van der Waals surface area contributed by atoms with Crippen molar-refractivity contribution in [3.8, 4) is 0 Å². The number of amides is 1. The van der Waals surface area contributed by atoms with Crippen molar-refractivity contribution >= 4 is 35.4 Å². The molecule has 0 bridgehead atoms. The molecule has 1 amide bonds. The van der Waals surface area contributed by atoms with Gasteiger partial charge >= 0.3 is 0 Å². The molecule has 0 fully saturated rings. The third-order valence-corrected chi connectivity index (χ3v) is 3.97. The Morgan fingerprint density at radius 2 is 1.78 bits per heavy atom. The van der Waals surface area contributed by atoms with E-state index in [0.717, 1.165) is 11.6 Å². The smallest absolute Gasteiger partial charge is 0.274 e. The second-order valence-electron chi connectivity index (χ2n) is 5.96. The lowest BCUT2D eigenvalue weighted by atomic mass is 10.2. The summed E-state index contributed by atoms with van der Waals surface area (Å²) in [6, 6.07) is 9.14. The highest BCUT2D eigenvalue weighted by molar-refractivity contribution is 6.31. The standard InChI is InChI=1S/C14H14ClN3O2.C8H10ClN.C2H6/c1-3-4-11(15)6-5-10(2)18-14(20)13-7-12(8-19)16-9-17-13;1-10-6-7-2-4-8(9)5-3-7;1-2/h3-9H,1-2H3,(H,18,20);2-5,10H,6H2,1H3;1-2H3/b4-3-,10-5+,11-6+;;. The highest BCUT2D eigenvalue weighted by Crippen LogP contribution is 2.08. The molecule has 6 nitrogen and oxygen atoms in total. The van der Waals surface area contributed by atoms with E-state index < -0.39 is 5.91 Å². The van der Waals surface area contributed by atoms with E-state index in [4.69, 9.17) is 23.2 Å². The lowest BCUT2D eigenvalue weighted by Gasteiger charge is -2.03. The number of hydrogen-bond acceptors (Lipinski definition) is 5. The van der Waals surface area contributed by atoms with Gasteiger partial charge in [-0.3, -0.25) is 9.59 Å². The fourth-order valence-corrected chi connectivity index (χ4v) is 2.39. The van der Waals surface area contributed by atoms with Gasteiger partial charge in [0.25, 0.3) is 5.91 Å². The topological polar surface area (TPSA) is 84.0 Å². The van der Waals surface area contributed by atoms with Gasteiger partial charge < -0.3 is 10.6 Å². The van der Waals surface area contributed by atoms with Crippen LogP contribution in [0.25, 0.3) is 0 Å². The second-order valence-corrected chi connectivity index (χ2v) is 6.83. The first kappa shape index (κ1) is 29.2. The number of aromatic nitrogens is 2. The molecule has 0 unspecified atom stereocenters. The Morgan fingerprint density at radius 3 is 2.34 bits per heavy atom. The van der Waals surface area contributed by atoms with Crippen LogP contribution >= 0.6 is 23.2 Å². The Hall–Kier alpha value is -2.80. The molecule has 0 aliphatic rings. The molecule has 0 atom stereocenters. The van der Waals surface area contributed by atoms with E-state index in [1.54, 1.807) is 25.2 Å². The molecular formula is C24H30Cl2N4O2. The van der Waals surface area contributed by atoms with E-state index in [0.29, 0.717) is 17.0 Å². The number of rotatable bonds is 7. The van der Waals surface area contributed by atoms with Crippen molar-refractivity contribution in [3.63, 3.8) is 0 Å². The number of carbonyl (C=O) groups excluding carboxylic acids is 2. The Morgan fingerprint density at radius 1 is 1.12 bits per heavy atom. The molecular weight excluding hydrogens is 447 g/mol. The van der Waals surface area contributed by atoms with Crippen LogP contribution in [-0.2, 0) is 6.54 Å². The van der Waals surface area contributed by atoms with Gasteiger partial charge in [0.05, 0.1) is 0 Å². The predicted octanol–water partition coefficient (Wildman–Crippen LogP) is 5.71. The van der Waals surface area contributed by atoms with Crippen LogP contribution in [0.2, 0.25) is 5.02 Å². The lowest BCUT2D eigenvalue weighted by molar-refractivity contribution is 0.0961. The number of nitrogens with one attached hydrogen (secondary N) is 2. The van der Waals surface area contributed by atoms with Crippen LogP contribution in [0, 0.1) is 0 Å². The molecule has 0 spiro atoms. The Bertz CT molecular complexity index is 924. The SMILES string of the molecule is CC.CNCc1ccc(Cl)cc1.C\C=C/C(Cl)=C\C=C(/C)NC(=O)c1cc(C=O)ncn1. The molecule has 1 aromatic heterocycles. The minimum atomic E-state index is -0.417. The first-order valence-corrected chi connectivity index (χ1v) is 10.8. The van der Waals surface area contributed by atoms with Gasteiger partial charge in [0.1, 0.15) is 17.7 Å². The molecule has 172 valence electrons. The molecule has 8 heteroatoms. The fourth-order valence-electron chi connectivity index (χ4n) is 2.07. The molecule has 0 aliphatic heterocycles. The molecule has 1 heterocycles.